The molecule has 0 radical (unpaired) electrons. The third kappa shape index (κ3) is 4.03. The molecule has 7 heteroatoms. The number of rotatable bonds is 4. The maximum absolute atomic E-state index is 11.0. The van der Waals surface area contributed by atoms with Gasteiger partial charge in [0.1, 0.15) is 0 Å². The normalized spacial score (nSPS) is 11.4. The molecule has 0 saturated carbocycles. The number of benzene rings is 1. The number of anilines is 1. The topological polar surface area (TPSA) is 59.1 Å². The fourth-order valence-electron chi connectivity index (χ4n) is 1.18. The summed E-state index contributed by atoms with van der Waals surface area (Å²) in [4.78, 5) is 5.04. The van der Waals surface area contributed by atoms with Crippen LogP contribution in [0.2, 0.25) is 0 Å². The van der Waals surface area contributed by atoms with Crippen molar-refractivity contribution in [3.63, 3.8) is 0 Å². The predicted molar refractivity (Wildman–Crippen MR) is 71.1 cm³/mol. The monoisotopic (exact) mass is 286 g/mol. The van der Waals surface area contributed by atoms with E-state index < -0.39 is 10.0 Å². The zero-order valence-corrected chi connectivity index (χ0v) is 11.4. The van der Waals surface area contributed by atoms with Crippen LogP contribution in [0.4, 0.5) is 5.69 Å². The largest absolute Gasteiger partial charge is 0.284 e. The second-order valence-corrected chi connectivity index (χ2v) is 7.33. The molecule has 2 rings (SSSR count). The van der Waals surface area contributed by atoms with E-state index in [4.69, 9.17) is 0 Å². The zero-order valence-electron chi connectivity index (χ0n) is 8.95. The van der Waals surface area contributed by atoms with E-state index in [1.807, 2.05) is 12.1 Å². The molecule has 0 aliphatic carbocycles. The van der Waals surface area contributed by atoms with E-state index in [9.17, 15) is 8.42 Å². The van der Waals surface area contributed by atoms with Crippen molar-refractivity contribution in [2.75, 3.05) is 11.0 Å². The van der Waals surface area contributed by atoms with Crippen molar-refractivity contribution in [2.45, 2.75) is 9.10 Å². The van der Waals surface area contributed by atoms with E-state index in [0.717, 1.165) is 15.4 Å². The lowest BCUT2D eigenvalue weighted by Crippen LogP contribution is -2.09. The first-order valence-corrected chi connectivity index (χ1v) is 8.26. The molecule has 17 heavy (non-hydrogen) atoms. The Labute approximate surface area is 108 Å². The molecule has 0 aliphatic heterocycles. The van der Waals surface area contributed by atoms with Crippen LogP contribution in [-0.2, 0) is 10.0 Å². The predicted octanol–water partition coefficient (Wildman–Crippen LogP) is 2.67. The molecule has 0 unspecified atom stereocenters. The minimum absolute atomic E-state index is 0.571. The summed E-state index contributed by atoms with van der Waals surface area (Å²) >= 11 is 3.17. The van der Waals surface area contributed by atoms with Crippen molar-refractivity contribution >= 4 is 38.8 Å². The Hall–Kier alpha value is -1.05. The molecular weight excluding hydrogens is 276 g/mol. The van der Waals surface area contributed by atoms with Crippen LogP contribution in [0.25, 0.3) is 0 Å². The second-order valence-electron chi connectivity index (χ2n) is 3.32. The van der Waals surface area contributed by atoms with Crippen LogP contribution in [-0.4, -0.2) is 19.7 Å². The van der Waals surface area contributed by atoms with Gasteiger partial charge in [-0.15, -0.1) is 11.3 Å². The minimum atomic E-state index is -3.20. The summed E-state index contributed by atoms with van der Waals surface area (Å²) in [7, 11) is -3.20. The average molecular weight is 286 g/mol. The van der Waals surface area contributed by atoms with Crippen LogP contribution in [0.15, 0.2) is 45.1 Å². The molecule has 0 atom stereocenters. The molecule has 0 aliphatic rings. The standard InChI is InChI=1S/C10H10N2O2S3/c1-17(13,14)12-8-2-4-9(5-3-8)16-10-6-11-7-15-10/h2-7,12H,1H3. The molecule has 0 amide bonds. The fourth-order valence-corrected chi connectivity index (χ4v) is 3.32. The van der Waals surface area contributed by atoms with Crippen molar-refractivity contribution in [3.05, 3.63) is 36.0 Å². The molecule has 4 nitrogen and oxygen atoms in total. The Morgan fingerprint density at radius 2 is 2.00 bits per heavy atom. The zero-order chi connectivity index (χ0) is 12.3. The summed E-state index contributed by atoms with van der Waals surface area (Å²) in [5.74, 6) is 0. The quantitative estimate of drug-likeness (QED) is 0.938. The van der Waals surface area contributed by atoms with Crippen LogP contribution in [0.1, 0.15) is 0 Å². The number of nitrogens with zero attached hydrogens (tertiary/aromatic N) is 1. The van der Waals surface area contributed by atoms with Crippen LogP contribution < -0.4 is 4.72 Å². The highest BCUT2D eigenvalue weighted by Gasteiger charge is 2.02. The van der Waals surface area contributed by atoms with E-state index >= 15 is 0 Å². The summed E-state index contributed by atoms with van der Waals surface area (Å²) < 4.78 is 25.6. The minimum Gasteiger partial charge on any atom is -0.284 e. The highest BCUT2D eigenvalue weighted by atomic mass is 32.2. The lowest BCUT2D eigenvalue weighted by molar-refractivity contribution is 0.607. The van der Waals surface area contributed by atoms with Gasteiger partial charge in [0.15, 0.2) is 0 Å². The Morgan fingerprint density at radius 1 is 1.29 bits per heavy atom. The third-order valence-electron chi connectivity index (χ3n) is 1.79. The van der Waals surface area contributed by atoms with E-state index in [2.05, 4.69) is 9.71 Å². The van der Waals surface area contributed by atoms with Crippen molar-refractivity contribution < 1.29 is 8.42 Å². The number of aromatic nitrogens is 1. The van der Waals surface area contributed by atoms with Gasteiger partial charge in [0, 0.05) is 10.6 Å². The highest BCUT2D eigenvalue weighted by Crippen LogP contribution is 2.30. The third-order valence-corrected chi connectivity index (χ3v) is 4.31. The van der Waals surface area contributed by atoms with Gasteiger partial charge in [-0.05, 0) is 24.3 Å². The molecule has 2 aromatic rings. The first kappa shape index (κ1) is 12.4. The highest BCUT2D eigenvalue weighted by molar-refractivity contribution is 8.01. The molecule has 1 heterocycles. The Morgan fingerprint density at radius 3 is 2.53 bits per heavy atom. The molecule has 0 fully saturated rings. The Balaban J connectivity index is 2.08. The molecule has 1 aromatic heterocycles. The number of sulfonamides is 1. The average Bonchev–Trinajstić information content (AvgIpc) is 2.71. The van der Waals surface area contributed by atoms with E-state index in [-0.39, 0.29) is 0 Å². The van der Waals surface area contributed by atoms with E-state index in [1.54, 1.807) is 46.9 Å². The lowest BCUT2D eigenvalue weighted by Gasteiger charge is -2.04. The second kappa shape index (κ2) is 5.07. The number of hydrogen-bond acceptors (Lipinski definition) is 5. The first-order valence-electron chi connectivity index (χ1n) is 4.67. The van der Waals surface area contributed by atoms with Gasteiger partial charge >= 0.3 is 0 Å². The smallest absolute Gasteiger partial charge is 0.229 e. The lowest BCUT2D eigenvalue weighted by atomic mass is 10.3. The van der Waals surface area contributed by atoms with Crippen LogP contribution >= 0.6 is 23.1 Å². The summed E-state index contributed by atoms with van der Waals surface area (Å²) in [5, 5.41) is 0. The molecule has 0 spiro atoms. The maximum Gasteiger partial charge on any atom is 0.229 e. The van der Waals surface area contributed by atoms with Crippen molar-refractivity contribution in [1.29, 1.82) is 0 Å². The van der Waals surface area contributed by atoms with Crippen molar-refractivity contribution in [1.82, 2.24) is 4.98 Å². The van der Waals surface area contributed by atoms with Gasteiger partial charge in [-0.2, -0.15) is 0 Å². The van der Waals surface area contributed by atoms with Crippen LogP contribution in [0.3, 0.4) is 0 Å². The SMILES string of the molecule is CS(=O)(=O)Nc1ccc(Sc2cncs2)cc1. The summed E-state index contributed by atoms with van der Waals surface area (Å²) in [6.07, 6.45) is 2.94. The van der Waals surface area contributed by atoms with Crippen LogP contribution in [0.5, 0.6) is 0 Å². The fraction of sp³-hybridized carbons (Fsp3) is 0.100. The summed E-state index contributed by atoms with van der Waals surface area (Å²) in [5.41, 5.74) is 2.35. The van der Waals surface area contributed by atoms with Gasteiger partial charge in [-0.1, -0.05) is 11.8 Å². The van der Waals surface area contributed by atoms with Gasteiger partial charge in [-0.25, -0.2) is 8.42 Å². The number of thiazole rings is 1. The molecule has 90 valence electrons. The van der Waals surface area contributed by atoms with Gasteiger partial charge in [-0.3, -0.25) is 9.71 Å². The molecule has 1 aromatic carbocycles. The van der Waals surface area contributed by atoms with Gasteiger partial charge in [0.25, 0.3) is 0 Å². The van der Waals surface area contributed by atoms with Gasteiger partial charge in [0.2, 0.25) is 10.0 Å². The molecule has 1 N–H and O–H groups in total. The molecule has 0 bridgehead atoms. The van der Waals surface area contributed by atoms with Gasteiger partial charge in [0.05, 0.1) is 22.2 Å². The first-order chi connectivity index (χ1) is 8.03. The Bertz CT molecular complexity index is 577. The van der Waals surface area contributed by atoms with E-state index in [1.165, 1.54) is 0 Å². The van der Waals surface area contributed by atoms with Crippen molar-refractivity contribution in [3.8, 4) is 0 Å². The number of nitrogens with one attached hydrogen (secondary N) is 1. The van der Waals surface area contributed by atoms with E-state index in [0.29, 0.717) is 5.69 Å². The van der Waals surface area contributed by atoms with Crippen molar-refractivity contribution in [2.24, 2.45) is 0 Å². The number of hydrogen-bond donors (Lipinski definition) is 1. The van der Waals surface area contributed by atoms with Crippen LogP contribution in [0, 0.1) is 0 Å². The molecule has 0 saturated heterocycles. The van der Waals surface area contributed by atoms with Gasteiger partial charge < -0.3 is 0 Å². The maximum atomic E-state index is 11.0. The Kier molecular flexibility index (Phi) is 3.70. The molecular formula is C10H10N2O2S3. The summed E-state index contributed by atoms with van der Waals surface area (Å²) in [6.45, 7) is 0. The summed E-state index contributed by atoms with van der Waals surface area (Å²) in [6, 6.07) is 7.23.